The predicted octanol–water partition coefficient (Wildman–Crippen LogP) is 2.37. The first-order chi connectivity index (χ1) is 11.6. The molecule has 6 nitrogen and oxygen atoms in total. The number of amides is 1. The molecule has 0 bridgehead atoms. The summed E-state index contributed by atoms with van der Waals surface area (Å²) in [5, 5.41) is 20.8. The molecule has 0 atom stereocenters. The average Bonchev–Trinajstić information content (AvgIpc) is 2.59. The van der Waals surface area contributed by atoms with Crippen molar-refractivity contribution < 1.29 is 24.5 Å². The minimum atomic E-state index is -1.24. The summed E-state index contributed by atoms with van der Waals surface area (Å²) in [7, 11) is 0. The van der Waals surface area contributed by atoms with Crippen LogP contribution in [0.1, 0.15) is 21.5 Å². The summed E-state index contributed by atoms with van der Waals surface area (Å²) in [6.07, 6.45) is -0.593. The van der Waals surface area contributed by atoms with E-state index in [1.54, 1.807) is 0 Å². The Bertz CT molecular complexity index is 790. The van der Waals surface area contributed by atoms with Gasteiger partial charge in [-0.3, -0.25) is 0 Å². The molecule has 0 aliphatic carbocycles. The number of rotatable bonds is 4. The molecule has 3 N–H and O–H groups in total. The molecule has 0 aliphatic heterocycles. The maximum atomic E-state index is 11.5. The first-order valence-corrected chi connectivity index (χ1v) is 7.06. The van der Waals surface area contributed by atoms with Gasteiger partial charge >= 0.3 is 12.1 Å². The standard InChI is InChI=1S/C18H15NO5/c20-16-9-8-13(11-15(16)17(21)22)7-4-10-19-18(23)24-12-14-5-2-1-3-6-14/h1-3,5-6,8-9,11,20H,10,12H2,(H,19,23)(H,21,22). The molecule has 0 aromatic heterocycles. The van der Waals surface area contributed by atoms with Crippen molar-refractivity contribution in [2.45, 2.75) is 6.61 Å². The average molecular weight is 325 g/mol. The molecule has 0 unspecified atom stereocenters. The van der Waals surface area contributed by atoms with Crippen LogP contribution in [-0.4, -0.2) is 28.8 Å². The number of carbonyl (C=O) groups is 2. The minimum Gasteiger partial charge on any atom is -0.507 e. The number of hydrogen-bond donors (Lipinski definition) is 3. The number of phenols is 1. The summed E-state index contributed by atoms with van der Waals surface area (Å²) >= 11 is 0. The van der Waals surface area contributed by atoms with Crippen molar-refractivity contribution in [3.05, 3.63) is 65.2 Å². The number of nitrogens with one attached hydrogen (secondary N) is 1. The zero-order valence-electron chi connectivity index (χ0n) is 12.7. The van der Waals surface area contributed by atoms with Crippen molar-refractivity contribution in [2.24, 2.45) is 0 Å². The summed E-state index contributed by atoms with van der Waals surface area (Å²) in [6, 6.07) is 13.3. The predicted molar refractivity (Wildman–Crippen MR) is 86.6 cm³/mol. The highest BCUT2D eigenvalue weighted by molar-refractivity contribution is 5.91. The van der Waals surface area contributed by atoms with Crippen LogP contribution in [0.3, 0.4) is 0 Å². The van der Waals surface area contributed by atoms with Gasteiger partial charge in [-0.2, -0.15) is 0 Å². The second-order valence-electron chi connectivity index (χ2n) is 4.75. The number of carboxylic acid groups (broad SMARTS) is 1. The van der Waals surface area contributed by atoms with E-state index in [0.717, 1.165) is 5.56 Å². The van der Waals surface area contributed by atoms with Gasteiger partial charge in [0.25, 0.3) is 0 Å². The monoisotopic (exact) mass is 325 g/mol. The van der Waals surface area contributed by atoms with E-state index in [4.69, 9.17) is 9.84 Å². The molecule has 0 fully saturated rings. The summed E-state index contributed by atoms with van der Waals surface area (Å²) < 4.78 is 5.02. The van der Waals surface area contributed by atoms with Crippen LogP contribution >= 0.6 is 0 Å². The number of benzene rings is 2. The van der Waals surface area contributed by atoms with Crippen molar-refractivity contribution in [1.82, 2.24) is 5.32 Å². The fourth-order valence-electron chi connectivity index (χ4n) is 1.82. The zero-order chi connectivity index (χ0) is 17.4. The van der Waals surface area contributed by atoms with Crippen LogP contribution in [0.4, 0.5) is 4.79 Å². The molecule has 0 aliphatic rings. The normalized spacial score (nSPS) is 9.50. The summed E-state index contributed by atoms with van der Waals surface area (Å²) in [4.78, 5) is 22.4. The van der Waals surface area contributed by atoms with E-state index in [2.05, 4.69) is 17.2 Å². The molecule has 0 saturated carbocycles. The Balaban J connectivity index is 1.82. The lowest BCUT2D eigenvalue weighted by Crippen LogP contribution is -2.24. The first kappa shape index (κ1) is 16.9. The molecule has 122 valence electrons. The van der Waals surface area contributed by atoms with E-state index in [-0.39, 0.29) is 24.5 Å². The highest BCUT2D eigenvalue weighted by Gasteiger charge is 2.09. The molecule has 2 aromatic carbocycles. The van der Waals surface area contributed by atoms with Gasteiger partial charge in [-0.25, -0.2) is 9.59 Å². The van der Waals surface area contributed by atoms with Gasteiger partial charge in [-0.1, -0.05) is 42.2 Å². The van der Waals surface area contributed by atoms with E-state index < -0.39 is 12.1 Å². The smallest absolute Gasteiger partial charge is 0.408 e. The van der Waals surface area contributed by atoms with Crippen LogP contribution in [0, 0.1) is 11.8 Å². The molecule has 0 spiro atoms. The van der Waals surface area contributed by atoms with Gasteiger partial charge in [0, 0.05) is 5.56 Å². The van der Waals surface area contributed by atoms with Crippen molar-refractivity contribution in [3.63, 3.8) is 0 Å². The van der Waals surface area contributed by atoms with Crippen LogP contribution in [0.2, 0.25) is 0 Å². The Morgan fingerprint density at radius 1 is 1.12 bits per heavy atom. The summed E-state index contributed by atoms with van der Waals surface area (Å²) in [5.74, 6) is 3.82. The summed E-state index contributed by atoms with van der Waals surface area (Å²) in [6.45, 7) is 0.219. The molecule has 2 aromatic rings. The molecule has 2 rings (SSSR count). The number of hydrogen-bond acceptors (Lipinski definition) is 4. The van der Waals surface area contributed by atoms with Crippen LogP contribution in [-0.2, 0) is 11.3 Å². The number of carboxylic acids is 1. The van der Waals surface area contributed by atoms with E-state index in [1.165, 1.54) is 18.2 Å². The molecular weight excluding hydrogens is 310 g/mol. The third kappa shape index (κ3) is 5.07. The van der Waals surface area contributed by atoms with Crippen molar-refractivity contribution in [2.75, 3.05) is 6.54 Å². The van der Waals surface area contributed by atoms with Crippen molar-refractivity contribution >= 4 is 12.1 Å². The Morgan fingerprint density at radius 2 is 1.88 bits per heavy atom. The van der Waals surface area contributed by atoms with E-state index in [1.807, 2.05) is 30.3 Å². The van der Waals surface area contributed by atoms with Gasteiger partial charge in [0.1, 0.15) is 17.9 Å². The minimum absolute atomic E-state index is 0.0525. The van der Waals surface area contributed by atoms with Gasteiger partial charge < -0.3 is 20.3 Å². The first-order valence-electron chi connectivity index (χ1n) is 7.06. The molecular formula is C18H15NO5. The molecule has 24 heavy (non-hydrogen) atoms. The van der Waals surface area contributed by atoms with E-state index in [9.17, 15) is 14.7 Å². The largest absolute Gasteiger partial charge is 0.507 e. The molecule has 0 heterocycles. The third-order valence-corrected chi connectivity index (χ3v) is 2.99. The zero-order valence-corrected chi connectivity index (χ0v) is 12.7. The Hall–Kier alpha value is -3.46. The highest BCUT2D eigenvalue weighted by Crippen LogP contribution is 2.17. The fourth-order valence-corrected chi connectivity index (χ4v) is 1.82. The van der Waals surface area contributed by atoms with Crippen LogP contribution in [0.15, 0.2) is 48.5 Å². The molecule has 0 saturated heterocycles. The lowest BCUT2D eigenvalue weighted by atomic mass is 10.1. The SMILES string of the molecule is O=C(NCC#Cc1ccc(O)c(C(=O)O)c1)OCc1ccccc1. The Morgan fingerprint density at radius 3 is 2.58 bits per heavy atom. The fraction of sp³-hybridized carbons (Fsp3) is 0.111. The Labute approximate surface area is 138 Å². The molecule has 6 heteroatoms. The molecule has 0 radical (unpaired) electrons. The highest BCUT2D eigenvalue weighted by atomic mass is 16.5. The van der Waals surface area contributed by atoms with Gasteiger partial charge in [-0.15, -0.1) is 0 Å². The third-order valence-electron chi connectivity index (χ3n) is 2.99. The molecule has 1 amide bonds. The maximum absolute atomic E-state index is 11.5. The van der Waals surface area contributed by atoms with Gasteiger partial charge in [0.15, 0.2) is 0 Å². The second-order valence-corrected chi connectivity index (χ2v) is 4.75. The number of aromatic hydroxyl groups is 1. The lowest BCUT2D eigenvalue weighted by molar-refractivity contribution is 0.0693. The van der Waals surface area contributed by atoms with E-state index >= 15 is 0 Å². The van der Waals surface area contributed by atoms with Crippen molar-refractivity contribution in [1.29, 1.82) is 0 Å². The topological polar surface area (TPSA) is 95.9 Å². The van der Waals surface area contributed by atoms with Gasteiger partial charge in [0.05, 0.1) is 6.54 Å². The summed E-state index contributed by atoms with van der Waals surface area (Å²) in [5.41, 5.74) is 1.07. The second kappa shape index (κ2) is 8.25. The number of ether oxygens (including phenoxy) is 1. The van der Waals surface area contributed by atoms with Gasteiger partial charge in [0.2, 0.25) is 0 Å². The number of carbonyl (C=O) groups excluding carboxylic acids is 1. The van der Waals surface area contributed by atoms with Crippen molar-refractivity contribution in [3.8, 4) is 17.6 Å². The number of aromatic carboxylic acids is 1. The maximum Gasteiger partial charge on any atom is 0.408 e. The quantitative estimate of drug-likeness (QED) is 0.750. The van der Waals surface area contributed by atoms with Crippen LogP contribution < -0.4 is 5.32 Å². The lowest BCUT2D eigenvalue weighted by Gasteiger charge is -2.04. The number of alkyl carbamates (subject to hydrolysis) is 1. The van der Waals surface area contributed by atoms with E-state index in [0.29, 0.717) is 5.56 Å². The Kier molecular flexibility index (Phi) is 5.81. The van der Waals surface area contributed by atoms with Crippen LogP contribution in [0.5, 0.6) is 5.75 Å². The van der Waals surface area contributed by atoms with Crippen LogP contribution in [0.25, 0.3) is 0 Å². The van der Waals surface area contributed by atoms with Gasteiger partial charge in [-0.05, 0) is 23.8 Å².